The van der Waals surface area contributed by atoms with Crippen LogP contribution < -0.4 is 0 Å². The van der Waals surface area contributed by atoms with E-state index in [1.54, 1.807) is 12.3 Å². The first-order valence-electron chi connectivity index (χ1n) is 7.59. The second kappa shape index (κ2) is 6.83. The summed E-state index contributed by atoms with van der Waals surface area (Å²) in [6, 6.07) is 15.3. The minimum Gasteiger partial charge on any atom is -0.339 e. The van der Waals surface area contributed by atoms with Gasteiger partial charge in [0.2, 0.25) is 0 Å². The van der Waals surface area contributed by atoms with Crippen molar-refractivity contribution in [3.05, 3.63) is 69.8 Å². The average molecular weight is 432 g/mol. The van der Waals surface area contributed by atoms with Gasteiger partial charge in [0.15, 0.2) is 5.78 Å². The van der Waals surface area contributed by atoms with E-state index in [2.05, 4.69) is 25.9 Å². The summed E-state index contributed by atoms with van der Waals surface area (Å²) in [5.74, 6) is 0.470. The standard InChI is InChI=1S/C19H12BrClN2OS/c20-12-2-1-3-13(9-12)25-10-17(24)11-4-5-16-14(8-11)18-15(21)6-7-22-19(18)23-16/h1-9H,10H2,(H,22,23). The number of carbonyl (C=O) groups excluding carboxylic acids is 1. The lowest BCUT2D eigenvalue weighted by molar-refractivity contribution is 0.102. The summed E-state index contributed by atoms with van der Waals surface area (Å²) in [6.07, 6.45) is 1.67. The highest BCUT2D eigenvalue weighted by molar-refractivity contribution is 9.10. The quantitative estimate of drug-likeness (QED) is 0.313. The maximum absolute atomic E-state index is 12.6. The molecule has 0 spiro atoms. The number of Topliss-reactive ketones (excluding diaryl/α,β-unsaturated/α-hetero) is 1. The number of thioether (sulfide) groups is 1. The number of rotatable bonds is 4. The Labute approximate surface area is 161 Å². The maximum atomic E-state index is 12.6. The number of H-pyrrole nitrogens is 1. The van der Waals surface area contributed by atoms with Crippen LogP contribution in [0.2, 0.25) is 5.02 Å². The molecule has 124 valence electrons. The number of aromatic amines is 1. The zero-order valence-corrected chi connectivity index (χ0v) is 16.1. The highest BCUT2D eigenvalue weighted by Crippen LogP contribution is 2.31. The molecular formula is C19H12BrClN2OS. The molecule has 0 fully saturated rings. The van der Waals surface area contributed by atoms with Crippen LogP contribution >= 0.6 is 39.3 Å². The van der Waals surface area contributed by atoms with Gasteiger partial charge in [-0.05, 0) is 42.5 Å². The lowest BCUT2D eigenvalue weighted by atomic mass is 10.1. The molecule has 0 saturated carbocycles. The van der Waals surface area contributed by atoms with Crippen LogP contribution in [0.25, 0.3) is 21.9 Å². The van der Waals surface area contributed by atoms with Gasteiger partial charge in [0.05, 0.1) is 10.8 Å². The molecule has 0 aliphatic carbocycles. The van der Waals surface area contributed by atoms with Gasteiger partial charge in [-0.15, -0.1) is 11.8 Å². The first-order valence-corrected chi connectivity index (χ1v) is 9.75. The lowest BCUT2D eigenvalue weighted by Crippen LogP contribution is -2.01. The number of nitrogens with zero attached hydrogens (tertiary/aromatic N) is 1. The van der Waals surface area contributed by atoms with Crippen molar-refractivity contribution >= 4 is 67.0 Å². The summed E-state index contributed by atoms with van der Waals surface area (Å²) in [7, 11) is 0. The van der Waals surface area contributed by atoms with Gasteiger partial charge in [-0.1, -0.05) is 33.6 Å². The lowest BCUT2D eigenvalue weighted by Gasteiger charge is -2.03. The average Bonchev–Trinajstić information content (AvgIpc) is 2.98. The molecule has 0 atom stereocenters. The predicted molar refractivity (Wildman–Crippen MR) is 108 cm³/mol. The van der Waals surface area contributed by atoms with Crippen molar-refractivity contribution in [1.29, 1.82) is 0 Å². The summed E-state index contributed by atoms with van der Waals surface area (Å²) in [4.78, 5) is 21.2. The van der Waals surface area contributed by atoms with Gasteiger partial charge in [-0.2, -0.15) is 0 Å². The number of ketones is 1. The van der Waals surface area contributed by atoms with Crippen LogP contribution in [0.5, 0.6) is 0 Å². The number of halogens is 2. The van der Waals surface area contributed by atoms with Crippen molar-refractivity contribution in [3.63, 3.8) is 0 Å². The van der Waals surface area contributed by atoms with Crippen molar-refractivity contribution < 1.29 is 4.79 Å². The normalized spacial score (nSPS) is 11.3. The number of nitrogens with one attached hydrogen (secondary N) is 1. The Balaban J connectivity index is 1.64. The summed E-state index contributed by atoms with van der Waals surface area (Å²) in [5.41, 5.74) is 2.33. The Bertz CT molecular complexity index is 1110. The number of hydrogen-bond acceptors (Lipinski definition) is 3. The monoisotopic (exact) mass is 430 g/mol. The second-order valence-electron chi connectivity index (χ2n) is 5.57. The molecule has 0 saturated heterocycles. The molecule has 0 radical (unpaired) electrons. The fourth-order valence-corrected chi connectivity index (χ4v) is 4.39. The smallest absolute Gasteiger partial charge is 0.173 e. The zero-order chi connectivity index (χ0) is 17.4. The fraction of sp³-hybridized carbons (Fsp3) is 0.0526. The number of aromatic nitrogens is 2. The van der Waals surface area contributed by atoms with Crippen LogP contribution in [0.4, 0.5) is 0 Å². The molecule has 0 unspecified atom stereocenters. The van der Waals surface area contributed by atoms with E-state index in [1.807, 2.05) is 42.5 Å². The first-order chi connectivity index (χ1) is 12.1. The van der Waals surface area contributed by atoms with Crippen molar-refractivity contribution in [3.8, 4) is 0 Å². The molecule has 1 N–H and O–H groups in total. The zero-order valence-electron chi connectivity index (χ0n) is 12.9. The SMILES string of the molecule is O=C(CSc1cccc(Br)c1)c1ccc2[nH]c3nccc(Cl)c3c2c1. The van der Waals surface area contributed by atoms with Crippen LogP contribution in [0.3, 0.4) is 0 Å². The van der Waals surface area contributed by atoms with E-state index in [0.717, 1.165) is 31.3 Å². The Morgan fingerprint density at radius 1 is 1.20 bits per heavy atom. The number of fused-ring (bicyclic) bond motifs is 3. The molecule has 0 bridgehead atoms. The van der Waals surface area contributed by atoms with Crippen molar-refractivity contribution in [2.75, 3.05) is 5.75 Å². The molecule has 6 heteroatoms. The van der Waals surface area contributed by atoms with Gasteiger partial charge < -0.3 is 4.98 Å². The molecule has 0 aliphatic rings. The Morgan fingerprint density at radius 3 is 2.92 bits per heavy atom. The molecule has 2 aromatic heterocycles. The fourth-order valence-electron chi connectivity index (χ4n) is 2.74. The van der Waals surface area contributed by atoms with Gasteiger partial charge in [-0.25, -0.2) is 4.98 Å². The molecule has 4 aromatic rings. The minimum atomic E-state index is 0.0845. The van der Waals surface area contributed by atoms with Crippen molar-refractivity contribution in [2.24, 2.45) is 0 Å². The molecule has 2 aromatic carbocycles. The number of benzene rings is 2. The van der Waals surface area contributed by atoms with Gasteiger partial charge in [0, 0.05) is 37.4 Å². The first kappa shape index (κ1) is 16.6. The molecule has 0 aliphatic heterocycles. The predicted octanol–water partition coefficient (Wildman–Crippen LogP) is 6.11. The molecule has 4 rings (SSSR count). The third kappa shape index (κ3) is 3.32. The summed E-state index contributed by atoms with van der Waals surface area (Å²) < 4.78 is 1.01. The van der Waals surface area contributed by atoms with E-state index >= 15 is 0 Å². The van der Waals surface area contributed by atoms with E-state index in [-0.39, 0.29) is 5.78 Å². The van der Waals surface area contributed by atoms with Gasteiger partial charge in [0.1, 0.15) is 5.65 Å². The van der Waals surface area contributed by atoms with E-state index in [4.69, 9.17) is 11.6 Å². The molecular weight excluding hydrogens is 420 g/mol. The molecule has 25 heavy (non-hydrogen) atoms. The number of pyridine rings is 1. The van der Waals surface area contributed by atoms with E-state index in [0.29, 0.717) is 16.3 Å². The highest BCUT2D eigenvalue weighted by atomic mass is 79.9. The second-order valence-corrected chi connectivity index (χ2v) is 7.94. The van der Waals surface area contributed by atoms with E-state index < -0.39 is 0 Å². The molecule has 2 heterocycles. The van der Waals surface area contributed by atoms with Gasteiger partial charge in [-0.3, -0.25) is 4.79 Å². The van der Waals surface area contributed by atoms with E-state index in [1.165, 1.54) is 11.8 Å². The molecule has 3 nitrogen and oxygen atoms in total. The van der Waals surface area contributed by atoms with Crippen LogP contribution in [0.1, 0.15) is 10.4 Å². The molecule has 0 amide bonds. The number of carbonyl (C=O) groups is 1. The highest BCUT2D eigenvalue weighted by Gasteiger charge is 2.13. The van der Waals surface area contributed by atoms with Crippen LogP contribution in [-0.4, -0.2) is 21.5 Å². The topological polar surface area (TPSA) is 45.8 Å². The third-order valence-electron chi connectivity index (χ3n) is 3.93. The van der Waals surface area contributed by atoms with Gasteiger partial charge in [0.25, 0.3) is 0 Å². The Kier molecular flexibility index (Phi) is 4.54. The van der Waals surface area contributed by atoms with Crippen LogP contribution in [0.15, 0.2) is 64.1 Å². The van der Waals surface area contributed by atoms with Crippen LogP contribution in [-0.2, 0) is 0 Å². The van der Waals surface area contributed by atoms with E-state index in [9.17, 15) is 4.79 Å². The van der Waals surface area contributed by atoms with Crippen molar-refractivity contribution in [1.82, 2.24) is 9.97 Å². The van der Waals surface area contributed by atoms with Crippen molar-refractivity contribution in [2.45, 2.75) is 4.90 Å². The summed E-state index contributed by atoms with van der Waals surface area (Å²) in [6.45, 7) is 0. The number of hydrogen-bond donors (Lipinski definition) is 1. The Hall–Kier alpha value is -1.82. The Morgan fingerprint density at radius 2 is 2.08 bits per heavy atom. The minimum absolute atomic E-state index is 0.0845. The maximum Gasteiger partial charge on any atom is 0.173 e. The summed E-state index contributed by atoms with van der Waals surface area (Å²) in [5, 5.41) is 2.41. The van der Waals surface area contributed by atoms with Gasteiger partial charge >= 0.3 is 0 Å². The largest absolute Gasteiger partial charge is 0.339 e. The summed E-state index contributed by atoms with van der Waals surface area (Å²) >= 11 is 11.3. The van der Waals surface area contributed by atoms with Crippen LogP contribution in [0, 0.1) is 0 Å². The third-order valence-corrected chi connectivity index (χ3v) is 5.73.